The maximum Gasteiger partial charge on any atom is 0.259 e. The van der Waals surface area contributed by atoms with Gasteiger partial charge in [-0.1, -0.05) is 18.2 Å². The van der Waals surface area contributed by atoms with Crippen molar-refractivity contribution >= 4 is 28.6 Å². The molecule has 0 radical (unpaired) electrons. The number of fused-ring (bicyclic) bond motifs is 2. The molecule has 0 fully saturated rings. The van der Waals surface area contributed by atoms with Crippen LogP contribution < -0.4 is 9.64 Å². The van der Waals surface area contributed by atoms with E-state index in [0.29, 0.717) is 40.9 Å². The summed E-state index contributed by atoms with van der Waals surface area (Å²) in [5, 5.41) is 0. The fraction of sp³-hybridized carbons (Fsp3) is 0.292. The Kier molecular flexibility index (Phi) is 5.67. The first-order chi connectivity index (χ1) is 15.9. The van der Waals surface area contributed by atoms with Crippen LogP contribution in [0.2, 0.25) is 0 Å². The minimum atomic E-state index is -1.06. The largest absolute Gasteiger partial charge is 0.616 e. The highest BCUT2D eigenvalue weighted by atomic mass is 32.2. The van der Waals surface area contributed by atoms with Gasteiger partial charge in [0.1, 0.15) is 34.6 Å². The Morgan fingerprint density at radius 2 is 2.03 bits per heavy atom. The molecular formula is C24H23FN4O3S. The molecule has 2 aromatic carbocycles. The van der Waals surface area contributed by atoms with E-state index in [9.17, 15) is 13.7 Å². The molecule has 0 N–H and O–H groups in total. The summed E-state index contributed by atoms with van der Waals surface area (Å²) in [4.78, 5) is 24.8. The van der Waals surface area contributed by atoms with Crippen LogP contribution in [0.1, 0.15) is 16.8 Å². The number of rotatable bonds is 5. The van der Waals surface area contributed by atoms with Crippen LogP contribution in [-0.4, -0.2) is 52.6 Å². The van der Waals surface area contributed by atoms with Crippen LogP contribution in [0.5, 0.6) is 5.75 Å². The van der Waals surface area contributed by atoms with E-state index in [1.54, 1.807) is 32.3 Å². The molecule has 0 bridgehead atoms. The van der Waals surface area contributed by atoms with Gasteiger partial charge in [0.15, 0.2) is 12.4 Å². The second kappa shape index (κ2) is 8.64. The number of nitrogens with zero attached hydrogens (tertiary/aromatic N) is 4. The average molecular weight is 467 g/mol. The van der Waals surface area contributed by atoms with Crippen LogP contribution in [0.3, 0.4) is 0 Å². The summed E-state index contributed by atoms with van der Waals surface area (Å²) in [6.07, 6.45) is 0.809. The van der Waals surface area contributed by atoms with E-state index in [0.717, 1.165) is 23.2 Å². The quantitative estimate of drug-likeness (QED) is 0.537. The Morgan fingerprint density at radius 3 is 2.82 bits per heavy atom. The minimum Gasteiger partial charge on any atom is -0.616 e. The molecule has 2 aliphatic heterocycles. The molecule has 3 heterocycles. The Morgan fingerprint density at radius 1 is 1.21 bits per heavy atom. The number of hydrogen-bond donors (Lipinski definition) is 0. The van der Waals surface area contributed by atoms with Crippen LogP contribution in [-0.2, 0) is 33.9 Å². The van der Waals surface area contributed by atoms with Gasteiger partial charge >= 0.3 is 0 Å². The molecule has 5 rings (SSSR count). The number of halogens is 1. The van der Waals surface area contributed by atoms with E-state index in [4.69, 9.17) is 9.72 Å². The molecule has 0 saturated carbocycles. The van der Waals surface area contributed by atoms with E-state index >= 15 is 0 Å². The van der Waals surface area contributed by atoms with Gasteiger partial charge in [-0.25, -0.2) is 14.4 Å². The van der Waals surface area contributed by atoms with Crippen molar-refractivity contribution in [3.63, 3.8) is 0 Å². The molecule has 0 spiro atoms. The molecule has 1 atom stereocenters. The highest BCUT2D eigenvalue weighted by molar-refractivity contribution is 7.90. The van der Waals surface area contributed by atoms with Gasteiger partial charge in [-0.15, -0.1) is 0 Å². The molecule has 7 nitrogen and oxygen atoms in total. The standard InChI is InChI=1S/C24H23FN4O3S/c1-28(2)22(30)12-32-16-8-7-15-9-10-29(21(15)11-16)24-18-13-33(31)14-20(18)26-23(27-24)17-5-3-4-6-19(17)25/h3-8,11H,9-10,12-14H2,1-2H3. The lowest BCUT2D eigenvalue weighted by molar-refractivity contribution is -0.130. The van der Waals surface area contributed by atoms with Crippen molar-refractivity contribution in [1.82, 2.24) is 14.9 Å². The minimum absolute atomic E-state index is 0.0505. The Hall–Kier alpha value is -3.17. The van der Waals surface area contributed by atoms with E-state index < -0.39 is 17.0 Å². The number of carbonyl (C=O) groups is 1. The van der Waals surface area contributed by atoms with Gasteiger partial charge < -0.3 is 19.1 Å². The summed E-state index contributed by atoms with van der Waals surface area (Å²) < 4.78 is 32.6. The molecule has 0 aliphatic carbocycles. The first-order valence-electron chi connectivity index (χ1n) is 10.6. The second-order valence-electron chi connectivity index (χ2n) is 8.27. The van der Waals surface area contributed by atoms with Gasteiger partial charge in [-0.3, -0.25) is 4.79 Å². The SMILES string of the molecule is CN(C)C(=O)COc1ccc2c(c1)N(c1nc(-c3ccccc3F)nc3c1C[S+]([O-])C3)CC2. The molecule has 1 amide bonds. The van der Waals surface area contributed by atoms with E-state index in [-0.39, 0.29) is 18.3 Å². The number of carbonyl (C=O) groups excluding carboxylic acids is 1. The average Bonchev–Trinajstić information content (AvgIpc) is 3.39. The number of aromatic nitrogens is 2. The second-order valence-corrected chi connectivity index (χ2v) is 9.73. The fourth-order valence-electron chi connectivity index (χ4n) is 4.08. The maximum absolute atomic E-state index is 14.5. The molecule has 33 heavy (non-hydrogen) atoms. The zero-order valence-corrected chi connectivity index (χ0v) is 19.2. The first kappa shape index (κ1) is 21.7. The zero-order chi connectivity index (χ0) is 23.1. The monoisotopic (exact) mass is 466 g/mol. The van der Waals surface area contributed by atoms with Crippen LogP contribution in [0.4, 0.5) is 15.9 Å². The Balaban J connectivity index is 1.54. The van der Waals surface area contributed by atoms with Crippen molar-refractivity contribution in [3.05, 3.63) is 65.1 Å². The summed E-state index contributed by atoms with van der Waals surface area (Å²) in [6.45, 7) is 0.632. The summed E-state index contributed by atoms with van der Waals surface area (Å²) in [6, 6.07) is 12.1. The summed E-state index contributed by atoms with van der Waals surface area (Å²) >= 11 is -1.06. The fourth-order valence-corrected chi connectivity index (χ4v) is 5.34. The predicted octanol–water partition coefficient (Wildman–Crippen LogP) is 3.21. The zero-order valence-electron chi connectivity index (χ0n) is 18.4. The molecule has 3 aromatic rings. The van der Waals surface area contributed by atoms with Crippen molar-refractivity contribution in [2.75, 3.05) is 32.1 Å². The van der Waals surface area contributed by atoms with Gasteiger partial charge in [0.05, 0.1) is 11.1 Å². The molecule has 1 aromatic heterocycles. The van der Waals surface area contributed by atoms with Crippen LogP contribution in [0.15, 0.2) is 42.5 Å². The summed E-state index contributed by atoms with van der Waals surface area (Å²) in [5.41, 5.74) is 3.91. The molecular weight excluding hydrogens is 443 g/mol. The number of benzene rings is 2. The van der Waals surface area contributed by atoms with Crippen molar-refractivity contribution in [2.45, 2.75) is 17.9 Å². The van der Waals surface area contributed by atoms with Crippen molar-refractivity contribution < 1.29 is 18.5 Å². The third kappa shape index (κ3) is 4.14. The third-order valence-corrected chi connectivity index (χ3v) is 7.06. The lowest BCUT2D eigenvalue weighted by Crippen LogP contribution is -2.27. The third-order valence-electron chi connectivity index (χ3n) is 5.86. The smallest absolute Gasteiger partial charge is 0.259 e. The first-order valence-corrected chi connectivity index (χ1v) is 12.1. The maximum atomic E-state index is 14.5. The van der Waals surface area contributed by atoms with Gasteiger partial charge in [-0.2, -0.15) is 0 Å². The Bertz CT molecular complexity index is 1240. The number of amides is 1. The van der Waals surface area contributed by atoms with E-state index in [2.05, 4.69) is 9.88 Å². The van der Waals surface area contributed by atoms with Crippen molar-refractivity contribution in [2.24, 2.45) is 0 Å². The van der Waals surface area contributed by atoms with E-state index in [1.807, 2.05) is 18.2 Å². The topological polar surface area (TPSA) is 81.6 Å². The highest BCUT2D eigenvalue weighted by Gasteiger charge is 2.34. The number of hydrogen-bond acceptors (Lipinski definition) is 6. The molecule has 9 heteroatoms. The summed E-state index contributed by atoms with van der Waals surface area (Å²) in [7, 11) is 3.37. The Labute approximate surface area is 194 Å². The lowest BCUT2D eigenvalue weighted by Gasteiger charge is -2.22. The molecule has 170 valence electrons. The molecule has 0 saturated heterocycles. The number of anilines is 2. The summed E-state index contributed by atoms with van der Waals surface area (Å²) in [5.74, 6) is 1.72. The van der Waals surface area contributed by atoms with Crippen LogP contribution >= 0.6 is 0 Å². The highest BCUT2D eigenvalue weighted by Crippen LogP contribution is 2.41. The van der Waals surface area contributed by atoms with E-state index in [1.165, 1.54) is 11.0 Å². The number of likely N-dealkylation sites (N-methyl/N-ethyl adjacent to an activating group) is 1. The van der Waals surface area contributed by atoms with Crippen LogP contribution in [0.25, 0.3) is 11.4 Å². The van der Waals surface area contributed by atoms with Crippen LogP contribution in [0, 0.1) is 5.82 Å². The predicted molar refractivity (Wildman–Crippen MR) is 124 cm³/mol. The van der Waals surface area contributed by atoms with Gasteiger partial charge in [0, 0.05) is 32.4 Å². The molecule has 2 aliphatic rings. The lowest BCUT2D eigenvalue weighted by atomic mass is 10.1. The van der Waals surface area contributed by atoms with Gasteiger partial charge in [0.25, 0.3) is 5.91 Å². The number of ether oxygens (including phenoxy) is 1. The molecule has 1 unspecified atom stereocenters. The van der Waals surface area contributed by atoms with Gasteiger partial charge in [0.2, 0.25) is 0 Å². The van der Waals surface area contributed by atoms with Gasteiger partial charge in [-0.05, 0) is 41.4 Å². The van der Waals surface area contributed by atoms with Crippen molar-refractivity contribution in [1.29, 1.82) is 0 Å². The van der Waals surface area contributed by atoms with Crippen molar-refractivity contribution in [3.8, 4) is 17.1 Å². The normalized spacial score (nSPS) is 16.5.